The van der Waals surface area contributed by atoms with Gasteiger partial charge in [-0.1, -0.05) is 37.1 Å². The third-order valence-electron chi connectivity index (χ3n) is 4.21. The van der Waals surface area contributed by atoms with Crippen molar-refractivity contribution in [1.82, 2.24) is 5.32 Å². The monoisotopic (exact) mass is 265 g/mol. The van der Waals surface area contributed by atoms with Crippen LogP contribution in [-0.4, -0.2) is 6.04 Å². The molecule has 0 bridgehead atoms. The van der Waals surface area contributed by atoms with E-state index in [9.17, 15) is 0 Å². The first-order valence-electron chi connectivity index (χ1n) is 7.17. The Morgan fingerprint density at radius 1 is 1.22 bits per heavy atom. The van der Waals surface area contributed by atoms with Gasteiger partial charge < -0.3 is 5.32 Å². The van der Waals surface area contributed by atoms with Crippen LogP contribution in [0.1, 0.15) is 50.2 Å². The summed E-state index contributed by atoms with van der Waals surface area (Å²) in [6, 6.07) is 7.01. The van der Waals surface area contributed by atoms with Gasteiger partial charge in [-0.3, -0.25) is 0 Å². The van der Waals surface area contributed by atoms with E-state index >= 15 is 0 Å². The van der Waals surface area contributed by atoms with Crippen molar-refractivity contribution in [3.8, 4) is 0 Å². The molecule has 2 heteroatoms. The zero-order valence-corrected chi connectivity index (χ0v) is 12.3. The van der Waals surface area contributed by atoms with Crippen LogP contribution in [0, 0.1) is 12.8 Å². The van der Waals surface area contributed by atoms with Crippen molar-refractivity contribution in [2.24, 2.45) is 5.92 Å². The average molecular weight is 266 g/mol. The molecule has 0 aromatic heterocycles. The molecular formula is C16H24ClN. The predicted octanol–water partition coefficient (Wildman–Crippen LogP) is 4.71. The molecule has 0 unspecified atom stereocenters. The Hall–Kier alpha value is -0.530. The molecule has 0 radical (unpaired) electrons. The molecular weight excluding hydrogens is 242 g/mol. The second kappa shape index (κ2) is 6.58. The number of hydrogen-bond acceptors (Lipinski definition) is 1. The summed E-state index contributed by atoms with van der Waals surface area (Å²) in [6.07, 6.45) is 6.76. The van der Waals surface area contributed by atoms with E-state index in [1.165, 1.54) is 43.2 Å². The first-order chi connectivity index (χ1) is 8.69. The van der Waals surface area contributed by atoms with Gasteiger partial charge in [0.05, 0.1) is 0 Å². The molecule has 1 N–H and O–H groups in total. The highest BCUT2D eigenvalue weighted by Crippen LogP contribution is 2.27. The lowest BCUT2D eigenvalue weighted by molar-refractivity contribution is 0.285. The normalized spacial score (nSPS) is 24.2. The molecule has 0 spiro atoms. The first-order valence-corrected chi connectivity index (χ1v) is 7.55. The van der Waals surface area contributed by atoms with E-state index < -0.39 is 0 Å². The summed E-state index contributed by atoms with van der Waals surface area (Å²) < 4.78 is 0. The maximum absolute atomic E-state index is 6.25. The van der Waals surface area contributed by atoms with Gasteiger partial charge in [-0.2, -0.15) is 0 Å². The van der Waals surface area contributed by atoms with Crippen molar-refractivity contribution in [3.63, 3.8) is 0 Å². The fourth-order valence-corrected chi connectivity index (χ4v) is 3.13. The first kappa shape index (κ1) is 13.9. The van der Waals surface area contributed by atoms with Crippen LogP contribution in [0.3, 0.4) is 0 Å². The van der Waals surface area contributed by atoms with Gasteiger partial charge in [0.2, 0.25) is 0 Å². The molecule has 1 aromatic carbocycles. The van der Waals surface area contributed by atoms with Crippen LogP contribution in [0.4, 0.5) is 0 Å². The zero-order valence-electron chi connectivity index (χ0n) is 11.5. The highest BCUT2D eigenvalue weighted by Gasteiger charge is 2.19. The topological polar surface area (TPSA) is 12.0 Å². The molecule has 0 saturated heterocycles. The zero-order chi connectivity index (χ0) is 13.0. The summed E-state index contributed by atoms with van der Waals surface area (Å²) in [4.78, 5) is 0. The summed E-state index contributed by atoms with van der Waals surface area (Å²) in [5, 5.41) is 4.55. The van der Waals surface area contributed by atoms with E-state index in [4.69, 9.17) is 11.6 Å². The van der Waals surface area contributed by atoms with Crippen molar-refractivity contribution in [2.75, 3.05) is 0 Å². The number of nitrogens with one attached hydrogen (secondary N) is 1. The lowest BCUT2D eigenvalue weighted by atomic mass is 9.84. The molecule has 1 aliphatic carbocycles. The quantitative estimate of drug-likeness (QED) is 0.832. The molecule has 0 atom stereocenters. The van der Waals surface area contributed by atoms with Crippen LogP contribution >= 0.6 is 11.6 Å². The number of benzene rings is 1. The molecule has 18 heavy (non-hydrogen) atoms. The van der Waals surface area contributed by atoms with E-state index in [1.807, 2.05) is 6.07 Å². The highest BCUT2D eigenvalue weighted by molar-refractivity contribution is 6.31. The molecule has 0 aliphatic heterocycles. The Balaban J connectivity index is 1.81. The SMILES string of the molecule is CCC1CCC(NCc2ccc(C)cc2Cl)CC1. The van der Waals surface area contributed by atoms with E-state index in [0.717, 1.165) is 17.5 Å². The van der Waals surface area contributed by atoms with Crippen LogP contribution in [0.5, 0.6) is 0 Å². The molecule has 1 fully saturated rings. The van der Waals surface area contributed by atoms with Gasteiger partial charge in [-0.25, -0.2) is 0 Å². The molecule has 2 rings (SSSR count). The third-order valence-corrected chi connectivity index (χ3v) is 4.57. The predicted molar refractivity (Wildman–Crippen MR) is 79.1 cm³/mol. The lowest BCUT2D eigenvalue weighted by Crippen LogP contribution is -2.32. The van der Waals surface area contributed by atoms with Crippen molar-refractivity contribution >= 4 is 11.6 Å². The van der Waals surface area contributed by atoms with Crippen molar-refractivity contribution in [2.45, 2.75) is 58.5 Å². The van der Waals surface area contributed by atoms with Crippen molar-refractivity contribution in [3.05, 3.63) is 34.3 Å². The molecule has 1 nitrogen and oxygen atoms in total. The smallest absolute Gasteiger partial charge is 0.0453 e. The van der Waals surface area contributed by atoms with Crippen LogP contribution in [0.25, 0.3) is 0 Å². The number of aryl methyl sites for hydroxylation is 1. The number of hydrogen-bond donors (Lipinski definition) is 1. The van der Waals surface area contributed by atoms with Crippen LogP contribution in [-0.2, 0) is 6.54 Å². The van der Waals surface area contributed by atoms with E-state index in [-0.39, 0.29) is 0 Å². The summed E-state index contributed by atoms with van der Waals surface area (Å²) in [5.74, 6) is 0.964. The molecule has 100 valence electrons. The molecule has 1 saturated carbocycles. The fourth-order valence-electron chi connectivity index (χ4n) is 2.82. The third kappa shape index (κ3) is 3.73. The van der Waals surface area contributed by atoms with Gasteiger partial charge in [0.1, 0.15) is 0 Å². The van der Waals surface area contributed by atoms with Crippen LogP contribution < -0.4 is 5.32 Å². The highest BCUT2D eigenvalue weighted by atomic mass is 35.5. The van der Waals surface area contributed by atoms with Gasteiger partial charge in [-0.15, -0.1) is 0 Å². The van der Waals surface area contributed by atoms with Crippen LogP contribution in [0.2, 0.25) is 5.02 Å². The van der Waals surface area contributed by atoms with E-state index in [1.54, 1.807) is 0 Å². The van der Waals surface area contributed by atoms with Gasteiger partial charge in [0.25, 0.3) is 0 Å². The minimum Gasteiger partial charge on any atom is -0.310 e. The maximum atomic E-state index is 6.25. The van der Waals surface area contributed by atoms with Crippen molar-refractivity contribution in [1.29, 1.82) is 0 Å². The second-order valence-electron chi connectivity index (χ2n) is 5.60. The Labute approximate surface area is 116 Å². The average Bonchev–Trinajstić information content (AvgIpc) is 2.38. The molecule has 0 heterocycles. The Morgan fingerprint density at radius 3 is 2.56 bits per heavy atom. The molecule has 1 aliphatic rings. The minimum atomic E-state index is 0.685. The number of halogens is 1. The van der Waals surface area contributed by atoms with Gasteiger partial charge in [-0.05, 0) is 55.7 Å². The Kier molecular flexibility index (Phi) is 5.08. The largest absolute Gasteiger partial charge is 0.310 e. The maximum Gasteiger partial charge on any atom is 0.0453 e. The lowest BCUT2D eigenvalue weighted by Gasteiger charge is -2.28. The van der Waals surface area contributed by atoms with Gasteiger partial charge in [0, 0.05) is 17.6 Å². The fraction of sp³-hybridized carbons (Fsp3) is 0.625. The molecule has 0 amide bonds. The van der Waals surface area contributed by atoms with Gasteiger partial charge in [0.15, 0.2) is 0 Å². The van der Waals surface area contributed by atoms with Gasteiger partial charge >= 0.3 is 0 Å². The minimum absolute atomic E-state index is 0.685. The van der Waals surface area contributed by atoms with Crippen LogP contribution in [0.15, 0.2) is 18.2 Å². The summed E-state index contributed by atoms with van der Waals surface area (Å²) in [6.45, 7) is 5.29. The summed E-state index contributed by atoms with van der Waals surface area (Å²) in [5.41, 5.74) is 2.45. The second-order valence-corrected chi connectivity index (χ2v) is 6.01. The summed E-state index contributed by atoms with van der Waals surface area (Å²) >= 11 is 6.25. The summed E-state index contributed by atoms with van der Waals surface area (Å²) in [7, 11) is 0. The Bertz CT molecular complexity index is 381. The standard InChI is InChI=1S/C16H24ClN/c1-3-13-5-8-15(9-6-13)18-11-14-7-4-12(2)10-16(14)17/h4,7,10,13,15,18H,3,5-6,8-9,11H2,1-2H3. The Morgan fingerprint density at radius 2 is 1.94 bits per heavy atom. The number of rotatable bonds is 4. The van der Waals surface area contributed by atoms with E-state index in [2.05, 4.69) is 31.3 Å². The van der Waals surface area contributed by atoms with E-state index in [0.29, 0.717) is 6.04 Å². The van der Waals surface area contributed by atoms with Crippen molar-refractivity contribution < 1.29 is 0 Å². The molecule has 1 aromatic rings.